The zero-order valence-electron chi connectivity index (χ0n) is 35.6. The number of fused-ring (bicyclic) bond motifs is 4. The highest BCUT2D eigenvalue weighted by molar-refractivity contribution is 8.00. The van der Waals surface area contributed by atoms with Crippen LogP contribution in [0.5, 0.6) is 0 Å². The maximum atomic E-state index is 4.57. The second kappa shape index (κ2) is 17.5. The molecule has 0 bridgehead atoms. The van der Waals surface area contributed by atoms with E-state index in [0.29, 0.717) is 0 Å². The van der Waals surface area contributed by atoms with Crippen LogP contribution < -0.4 is 14.7 Å². The second-order valence-electron chi connectivity index (χ2n) is 16.0. The summed E-state index contributed by atoms with van der Waals surface area (Å²) in [6.07, 6.45) is 13.0. The SMILES string of the molecule is C=C1/C=C(c2ccc(N3c4ccccc4Sc4ccccc43)cc2)\C=C/N(c2ccc(-c3ccccc3)cc2)/C=C\C(c2ccc(N3c4ccccc4Sc4ccccc43)cc2)=C/C1=C. The van der Waals surface area contributed by atoms with Crippen LogP contribution >= 0.6 is 23.5 Å². The molecule has 8 aromatic rings. The Labute approximate surface area is 390 Å². The fraction of sp³-hybridized carbons (Fsp3) is 0. The Kier molecular flexibility index (Phi) is 10.8. The molecule has 65 heavy (non-hydrogen) atoms. The van der Waals surface area contributed by atoms with E-state index in [1.165, 1.54) is 53.5 Å². The van der Waals surface area contributed by atoms with Crippen molar-refractivity contribution in [2.75, 3.05) is 14.7 Å². The molecular formula is C60H43N3S2. The van der Waals surface area contributed by atoms with Gasteiger partial charge in [-0.05, 0) is 154 Å². The van der Waals surface area contributed by atoms with Crippen LogP contribution in [0, 0.1) is 0 Å². The van der Waals surface area contributed by atoms with E-state index in [0.717, 1.165) is 50.5 Å². The van der Waals surface area contributed by atoms with Gasteiger partial charge in [-0.3, -0.25) is 0 Å². The van der Waals surface area contributed by atoms with Crippen molar-refractivity contribution in [3.63, 3.8) is 0 Å². The van der Waals surface area contributed by atoms with Crippen molar-refractivity contribution in [1.82, 2.24) is 0 Å². The topological polar surface area (TPSA) is 9.72 Å². The Morgan fingerprint density at radius 3 is 1.03 bits per heavy atom. The lowest BCUT2D eigenvalue weighted by atomic mass is 9.97. The van der Waals surface area contributed by atoms with E-state index in [-0.39, 0.29) is 0 Å². The summed E-state index contributed by atoms with van der Waals surface area (Å²) in [6.45, 7) is 9.13. The third kappa shape index (κ3) is 7.97. The van der Waals surface area contributed by atoms with Gasteiger partial charge in [0.2, 0.25) is 0 Å². The molecule has 11 rings (SSSR count). The summed E-state index contributed by atoms with van der Waals surface area (Å²) in [5.41, 5.74) is 16.2. The van der Waals surface area contributed by atoms with Gasteiger partial charge in [0.05, 0.1) is 22.7 Å². The molecule has 0 amide bonds. The number of allylic oxidation sites excluding steroid dienone is 8. The highest BCUT2D eigenvalue weighted by atomic mass is 32.2. The van der Waals surface area contributed by atoms with Gasteiger partial charge in [-0.1, -0.05) is 152 Å². The molecular weight excluding hydrogens is 827 g/mol. The quantitative estimate of drug-likeness (QED) is 0.164. The van der Waals surface area contributed by atoms with Crippen LogP contribution in [0.2, 0.25) is 0 Å². The van der Waals surface area contributed by atoms with Crippen molar-refractivity contribution in [3.05, 3.63) is 272 Å². The van der Waals surface area contributed by atoms with Crippen molar-refractivity contribution in [2.24, 2.45) is 0 Å². The molecule has 0 fully saturated rings. The minimum atomic E-state index is 0.840. The number of anilines is 7. The first-order valence-corrected chi connectivity index (χ1v) is 23.3. The molecule has 8 aromatic carbocycles. The molecule has 0 aliphatic carbocycles. The average Bonchev–Trinajstić information content (AvgIpc) is 3.39. The van der Waals surface area contributed by atoms with Gasteiger partial charge < -0.3 is 14.7 Å². The van der Waals surface area contributed by atoms with Crippen LogP contribution in [-0.2, 0) is 0 Å². The zero-order valence-corrected chi connectivity index (χ0v) is 37.2. The Morgan fingerprint density at radius 1 is 0.308 bits per heavy atom. The Bertz CT molecular complexity index is 2960. The van der Waals surface area contributed by atoms with Gasteiger partial charge in [0.15, 0.2) is 0 Å². The van der Waals surface area contributed by atoms with Crippen LogP contribution in [0.3, 0.4) is 0 Å². The first-order valence-electron chi connectivity index (χ1n) is 21.7. The first kappa shape index (κ1) is 40.1. The lowest BCUT2D eigenvalue weighted by molar-refractivity contribution is 1.16. The Morgan fingerprint density at radius 2 is 0.631 bits per heavy atom. The van der Waals surface area contributed by atoms with E-state index >= 15 is 0 Å². The molecule has 0 saturated carbocycles. The van der Waals surface area contributed by atoms with E-state index < -0.39 is 0 Å². The molecule has 3 nitrogen and oxygen atoms in total. The smallest absolute Gasteiger partial charge is 0.0601 e. The van der Waals surface area contributed by atoms with E-state index in [9.17, 15) is 0 Å². The van der Waals surface area contributed by atoms with Crippen LogP contribution in [0.4, 0.5) is 39.8 Å². The molecule has 0 N–H and O–H groups in total. The molecule has 3 aliphatic heterocycles. The lowest BCUT2D eigenvalue weighted by Crippen LogP contribution is -2.14. The predicted molar refractivity (Wildman–Crippen MR) is 277 cm³/mol. The first-order chi connectivity index (χ1) is 32.0. The summed E-state index contributed by atoms with van der Waals surface area (Å²) in [4.78, 5) is 11.9. The fourth-order valence-corrected chi connectivity index (χ4v) is 10.7. The summed E-state index contributed by atoms with van der Waals surface area (Å²) in [6, 6.07) is 71.5. The largest absolute Gasteiger partial charge is 0.324 e. The van der Waals surface area contributed by atoms with Crippen LogP contribution in [-0.4, -0.2) is 0 Å². The number of benzene rings is 8. The zero-order chi connectivity index (χ0) is 43.7. The minimum Gasteiger partial charge on any atom is -0.324 e. The fourth-order valence-electron chi connectivity index (χ4n) is 8.59. The molecule has 5 heteroatoms. The molecule has 3 aliphatic rings. The van der Waals surface area contributed by atoms with E-state index in [4.69, 9.17) is 0 Å². The van der Waals surface area contributed by atoms with Gasteiger partial charge in [0.1, 0.15) is 0 Å². The molecule has 3 heterocycles. The predicted octanol–water partition coefficient (Wildman–Crippen LogP) is 17.3. The number of hydrogen-bond acceptors (Lipinski definition) is 5. The molecule has 0 saturated heterocycles. The number of para-hydroxylation sites is 4. The van der Waals surface area contributed by atoms with Crippen molar-refractivity contribution in [2.45, 2.75) is 19.6 Å². The Hall–Kier alpha value is -7.70. The van der Waals surface area contributed by atoms with Crippen LogP contribution in [0.15, 0.2) is 281 Å². The normalized spacial score (nSPS) is 17.0. The highest BCUT2D eigenvalue weighted by Crippen LogP contribution is 2.52. The molecule has 0 aromatic heterocycles. The highest BCUT2D eigenvalue weighted by Gasteiger charge is 2.26. The molecule has 310 valence electrons. The van der Waals surface area contributed by atoms with Gasteiger partial charge in [0.25, 0.3) is 0 Å². The maximum absolute atomic E-state index is 4.57. The average molecular weight is 870 g/mol. The lowest BCUT2D eigenvalue weighted by Gasteiger charge is -2.32. The van der Waals surface area contributed by atoms with Crippen molar-refractivity contribution < 1.29 is 0 Å². The van der Waals surface area contributed by atoms with Gasteiger partial charge >= 0.3 is 0 Å². The molecule has 0 unspecified atom stereocenters. The third-order valence-corrected chi connectivity index (χ3v) is 14.2. The third-order valence-electron chi connectivity index (χ3n) is 12.0. The second-order valence-corrected chi connectivity index (χ2v) is 18.2. The van der Waals surface area contributed by atoms with Gasteiger partial charge in [0, 0.05) is 49.0 Å². The monoisotopic (exact) mass is 869 g/mol. The summed E-state index contributed by atoms with van der Waals surface area (Å²) >= 11 is 3.64. The van der Waals surface area contributed by atoms with Gasteiger partial charge in [-0.15, -0.1) is 0 Å². The van der Waals surface area contributed by atoms with Crippen LogP contribution in [0.1, 0.15) is 11.1 Å². The molecule has 0 spiro atoms. The van der Waals surface area contributed by atoms with Gasteiger partial charge in [-0.2, -0.15) is 0 Å². The summed E-state index contributed by atoms with van der Waals surface area (Å²) < 4.78 is 0. The van der Waals surface area contributed by atoms with Crippen molar-refractivity contribution in [3.8, 4) is 11.1 Å². The van der Waals surface area contributed by atoms with E-state index in [2.05, 4.69) is 265 Å². The van der Waals surface area contributed by atoms with E-state index in [1.807, 2.05) is 23.5 Å². The minimum absolute atomic E-state index is 0.840. The summed E-state index contributed by atoms with van der Waals surface area (Å²) in [5.74, 6) is 0. The van der Waals surface area contributed by atoms with Crippen molar-refractivity contribution >= 4 is 74.5 Å². The molecule has 0 atom stereocenters. The number of hydrogen-bond donors (Lipinski definition) is 0. The van der Waals surface area contributed by atoms with E-state index in [1.54, 1.807) is 0 Å². The number of nitrogens with zero attached hydrogens (tertiary/aromatic N) is 3. The molecule has 0 radical (unpaired) electrons. The maximum Gasteiger partial charge on any atom is 0.0601 e. The summed E-state index contributed by atoms with van der Waals surface area (Å²) in [5, 5.41) is 0. The standard InChI is InChI=1S/C60H43N3S2/c1-42-40-48(46-26-32-51(33-27-46)62-53-16-6-10-20-57(53)64-58-21-11-7-17-54(58)62)36-38-61(50-30-24-45(25-31-50)44-14-4-3-5-15-44)39-37-49(41-43(42)2)47-28-34-52(35-29-47)63-55-18-8-12-22-59(55)65-60-23-13-9-19-56(60)63/h3-41H,1-2H2/b38-36-,39-37-,48-40+,49-41+. The Balaban J connectivity index is 0.961. The van der Waals surface area contributed by atoms with Crippen LogP contribution in [0.25, 0.3) is 22.3 Å². The van der Waals surface area contributed by atoms with Crippen molar-refractivity contribution in [1.29, 1.82) is 0 Å². The number of rotatable bonds is 6. The summed E-state index contributed by atoms with van der Waals surface area (Å²) in [7, 11) is 0. The van der Waals surface area contributed by atoms with Gasteiger partial charge in [-0.25, -0.2) is 0 Å².